The van der Waals surface area contributed by atoms with Crippen LogP contribution in [0.1, 0.15) is 12.8 Å². The van der Waals surface area contributed by atoms with E-state index in [0.717, 1.165) is 11.1 Å². The first-order valence-electron chi connectivity index (χ1n) is 6.57. The first kappa shape index (κ1) is 16.6. The second-order valence-electron chi connectivity index (χ2n) is 4.94. The van der Waals surface area contributed by atoms with Crippen LogP contribution in [0.15, 0.2) is 47.6 Å². The quantitative estimate of drug-likeness (QED) is 0.669. The third-order valence-corrected chi connectivity index (χ3v) is 5.05. The third-order valence-electron chi connectivity index (χ3n) is 3.59. The Bertz CT molecular complexity index is 782. The van der Waals surface area contributed by atoms with Crippen LogP contribution in [0, 0.1) is 0 Å². The summed E-state index contributed by atoms with van der Waals surface area (Å²) in [6.07, 6.45) is 10.4. The highest BCUT2D eigenvalue weighted by Crippen LogP contribution is 2.19. The molecule has 0 heterocycles. The molecule has 0 spiro atoms. The molecule has 0 saturated heterocycles. The summed E-state index contributed by atoms with van der Waals surface area (Å²) in [6.45, 7) is 0. The molecule has 8 heteroatoms. The highest BCUT2D eigenvalue weighted by atomic mass is 32.2. The van der Waals surface area contributed by atoms with Gasteiger partial charge in [0.05, 0.1) is 9.73 Å². The van der Waals surface area contributed by atoms with Crippen LogP contribution in [0.25, 0.3) is 0 Å². The molecule has 2 aliphatic carbocycles. The molecule has 0 saturated carbocycles. The van der Waals surface area contributed by atoms with Crippen molar-refractivity contribution in [1.29, 1.82) is 0 Å². The molecule has 0 aromatic carbocycles. The van der Waals surface area contributed by atoms with E-state index in [-0.39, 0.29) is 0 Å². The molecule has 0 aromatic rings. The molecule has 0 aliphatic heterocycles. The Morgan fingerprint density at radius 2 is 1.09 bits per heavy atom. The molecule has 0 amide bonds. The Labute approximate surface area is 131 Å². The van der Waals surface area contributed by atoms with Gasteiger partial charge in [-0.1, -0.05) is 24.3 Å². The van der Waals surface area contributed by atoms with Crippen LogP contribution in [0.4, 0.5) is 0 Å². The summed E-state index contributed by atoms with van der Waals surface area (Å²) in [5.74, 6) is 0. The monoisotopic (exact) mass is 340 g/mol. The molecule has 2 aliphatic rings. The maximum Gasteiger partial charge on any atom is 0.217 e. The van der Waals surface area contributed by atoms with E-state index in [4.69, 9.17) is 11.5 Å². The second kappa shape index (κ2) is 7.01. The minimum Gasteiger partial charge on any atom is -0.322 e. The normalized spacial score (nSPS) is 20.3. The lowest BCUT2D eigenvalue weighted by Gasteiger charge is -2.24. The predicted octanol–water partition coefficient (Wildman–Crippen LogP) is -0.483. The van der Waals surface area contributed by atoms with Crippen molar-refractivity contribution in [1.82, 2.24) is 0 Å². The molecule has 0 radical (unpaired) electrons. The van der Waals surface area contributed by atoms with Crippen molar-refractivity contribution in [3.8, 4) is 0 Å². The summed E-state index contributed by atoms with van der Waals surface area (Å²) >= 11 is 0. The molecule has 4 N–H and O–H groups in total. The van der Waals surface area contributed by atoms with Crippen LogP contribution >= 0.6 is 0 Å². The fraction of sp³-hybridized carbons (Fsp3) is 0.286. The molecule has 118 valence electrons. The van der Waals surface area contributed by atoms with Gasteiger partial charge in [-0.25, -0.2) is 0 Å². The van der Waals surface area contributed by atoms with Gasteiger partial charge in [-0.15, -0.1) is 0 Å². The smallest absolute Gasteiger partial charge is 0.217 e. The lowest BCUT2D eigenvalue weighted by molar-refractivity contribution is 0.625. The van der Waals surface area contributed by atoms with Crippen LogP contribution < -0.4 is 11.5 Å². The van der Waals surface area contributed by atoms with Crippen LogP contribution in [-0.4, -0.2) is 38.6 Å². The molecule has 0 bridgehead atoms. The lowest BCUT2D eigenvalue weighted by atomic mass is 9.89. The van der Waals surface area contributed by atoms with Crippen molar-refractivity contribution in [3.63, 3.8) is 0 Å². The fourth-order valence-electron chi connectivity index (χ4n) is 2.24. The van der Waals surface area contributed by atoms with Crippen LogP contribution in [-0.2, 0) is 20.6 Å². The summed E-state index contributed by atoms with van der Waals surface area (Å²) in [5.41, 5.74) is 13.8. The topological polar surface area (TPSA) is 120 Å². The van der Waals surface area contributed by atoms with E-state index in [9.17, 15) is 16.8 Å². The zero-order chi connectivity index (χ0) is 16.3. The van der Waals surface area contributed by atoms with E-state index in [1.807, 2.05) is 0 Å². The molecular formula is C14H16N2O4S2. The molecular weight excluding hydrogens is 324 g/mol. The molecule has 22 heavy (non-hydrogen) atoms. The Balaban J connectivity index is 2.14. The van der Waals surface area contributed by atoms with Gasteiger partial charge in [0.2, 0.25) is 20.6 Å². The summed E-state index contributed by atoms with van der Waals surface area (Å²) in [7, 11) is -4.45. The summed E-state index contributed by atoms with van der Waals surface area (Å²) < 4.78 is 43.4. The Morgan fingerprint density at radius 1 is 0.727 bits per heavy atom. The van der Waals surface area contributed by atoms with E-state index in [1.165, 1.54) is 12.2 Å². The minimum absolute atomic E-state index is 0.296. The fourth-order valence-corrected chi connectivity index (χ4v) is 3.04. The zero-order valence-corrected chi connectivity index (χ0v) is 13.3. The van der Waals surface area contributed by atoms with Gasteiger partial charge in [-0.3, -0.25) is 0 Å². The van der Waals surface area contributed by atoms with Crippen molar-refractivity contribution < 1.29 is 16.8 Å². The van der Waals surface area contributed by atoms with Crippen molar-refractivity contribution in [2.45, 2.75) is 24.9 Å². The van der Waals surface area contributed by atoms with E-state index in [1.54, 1.807) is 24.3 Å². The SMILES string of the molecule is NC(C1=CCC(=S(=O)=O)C=C1)C(N)C1=CCC(=S(=O)=O)C=C1. The first-order valence-corrected chi connectivity index (χ1v) is 8.72. The third kappa shape index (κ3) is 3.72. The number of allylic oxidation sites excluding steroid dienone is 4. The molecule has 0 fully saturated rings. The van der Waals surface area contributed by atoms with E-state index in [0.29, 0.717) is 22.6 Å². The molecule has 2 atom stereocenters. The summed E-state index contributed by atoms with van der Waals surface area (Å²) in [6, 6.07) is -0.985. The van der Waals surface area contributed by atoms with Crippen molar-refractivity contribution in [2.75, 3.05) is 0 Å². The average Bonchev–Trinajstić information content (AvgIpc) is 2.53. The second-order valence-corrected chi connectivity index (χ2v) is 6.92. The van der Waals surface area contributed by atoms with Gasteiger partial charge in [-0.05, 0) is 23.3 Å². The van der Waals surface area contributed by atoms with Gasteiger partial charge in [-0.2, -0.15) is 16.8 Å². The van der Waals surface area contributed by atoms with Gasteiger partial charge in [0, 0.05) is 24.9 Å². The van der Waals surface area contributed by atoms with Crippen molar-refractivity contribution in [3.05, 3.63) is 47.6 Å². The molecule has 6 nitrogen and oxygen atoms in total. The van der Waals surface area contributed by atoms with Gasteiger partial charge in [0.25, 0.3) is 0 Å². The van der Waals surface area contributed by atoms with Crippen LogP contribution in [0.3, 0.4) is 0 Å². The standard InChI is InChI=1S/C14H16N2O4S2/c15-13(9-1-5-11(6-2-9)21(17)18)14(16)10-3-7-12(8-4-10)22(19)20/h1-5,7,13-14H,6,8,15-16H2. The molecule has 0 aromatic heterocycles. The summed E-state index contributed by atoms with van der Waals surface area (Å²) in [5, 5.41) is 0. The van der Waals surface area contributed by atoms with Crippen molar-refractivity contribution >= 4 is 30.3 Å². The van der Waals surface area contributed by atoms with E-state index in [2.05, 4.69) is 0 Å². The van der Waals surface area contributed by atoms with E-state index < -0.39 is 32.7 Å². The Hall–Kier alpha value is -1.74. The zero-order valence-electron chi connectivity index (χ0n) is 11.6. The number of hydrogen-bond donors (Lipinski definition) is 2. The lowest BCUT2D eigenvalue weighted by Crippen LogP contribution is -2.44. The minimum atomic E-state index is -2.22. The highest BCUT2D eigenvalue weighted by molar-refractivity contribution is 7.73. The Morgan fingerprint density at radius 3 is 1.32 bits per heavy atom. The van der Waals surface area contributed by atoms with Crippen LogP contribution in [0.2, 0.25) is 0 Å². The highest BCUT2D eigenvalue weighted by Gasteiger charge is 2.21. The number of nitrogens with two attached hydrogens (primary N) is 2. The molecule has 2 unspecified atom stereocenters. The largest absolute Gasteiger partial charge is 0.322 e. The number of rotatable bonds is 3. The van der Waals surface area contributed by atoms with E-state index >= 15 is 0 Å². The van der Waals surface area contributed by atoms with Gasteiger partial charge < -0.3 is 11.5 Å². The van der Waals surface area contributed by atoms with Gasteiger partial charge in [0.1, 0.15) is 0 Å². The van der Waals surface area contributed by atoms with Crippen LogP contribution in [0.5, 0.6) is 0 Å². The predicted molar refractivity (Wildman–Crippen MR) is 87.5 cm³/mol. The van der Waals surface area contributed by atoms with Gasteiger partial charge >= 0.3 is 0 Å². The first-order chi connectivity index (χ1) is 10.4. The summed E-state index contributed by atoms with van der Waals surface area (Å²) in [4.78, 5) is 0.608. The van der Waals surface area contributed by atoms with Gasteiger partial charge in [0.15, 0.2) is 0 Å². The molecule has 2 rings (SSSR count). The number of hydrogen-bond acceptors (Lipinski definition) is 6. The maximum absolute atomic E-state index is 10.9. The average molecular weight is 340 g/mol. The Kier molecular flexibility index (Phi) is 5.30. The maximum atomic E-state index is 10.9. The van der Waals surface area contributed by atoms with Crippen molar-refractivity contribution in [2.24, 2.45) is 11.5 Å².